The van der Waals surface area contributed by atoms with Crippen LogP contribution in [0.3, 0.4) is 0 Å². The Morgan fingerprint density at radius 1 is 1.26 bits per heavy atom. The highest BCUT2D eigenvalue weighted by atomic mass is 19.1. The molecule has 0 aliphatic carbocycles. The Bertz CT molecular complexity index is 390. The summed E-state index contributed by atoms with van der Waals surface area (Å²) in [4.78, 5) is 2.31. The van der Waals surface area contributed by atoms with Crippen LogP contribution in [-0.2, 0) is 6.42 Å². The Morgan fingerprint density at radius 2 is 1.95 bits per heavy atom. The van der Waals surface area contributed by atoms with E-state index in [9.17, 15) is 4.39 Å². The van der Waals surface area contributed by atoms with Crippen LogP contribution in [0.1, 0.15) is 39.7 Å². The molecule has 0 spiro atoms. The second-order valence-electron chi connectivity index (χ2n) is 5.58. The molecule has 1 aromatic rings. The van der Waals surface area contributed by atoms with Crippen LogP contribution in [0.2, 0.25) is 0 Å². The predicted octanol–water partition coefficient (Wildman–Crippen LogP) is 3.59. The standard InChI is InChI=1S/C16H27FN2/c1-5-15(18)10-13-9-14(17)7-8-16(13)19(6-2)11-12(3)4/h7-9,12,15H,5-6,10-11,18H2,1-4H3. The van der Waals surface area contributed by atoms with Gasteiger partial charge in [0.2, 0.25) is 0 Å². The molecular formula is C16H27FN2. The average molecular weight is 266 g/mol. The average Bonchev–Trinajstić information content (AvgIpc) is 2.36. The van der Waals surface area contributed by atoms with Gasteiger partial charge in [-0.05, 0) is 49.4 Å². The van der Waals surface area contributed by atoms with E-state index in [1.54, 1.807) is 12.1 Å². The van der Waals surface area contributed by atoms with Crippen LogP contribution in [0.15, 0.2) is 18.2 Å². The minimum Gasteiger partial charge on any atom is -0.371 e. The summed E-state index contributed by atoms with van der Waals surface area (Å²) >= 11 is 0. The summed E-state index contributed by atoms with van der Waals surface area (Å²) < 4.78 is 13.5. The first kappa shape index (κ1) is 16.0. The summed E-state index contributed by atoms with van der Waals surface area (Å²) in [6, 6.07) is 5.16. The van der Waals surface area contributed by atoms with E-state index in [-0.39, 0.29) is 11.9 Å². The van der Waals surface area contributed by atoms with E-state index >= 15 is 0 Å². The molecule has 0 bridgehead atoms. The number of rotatable bonds is 7. The van der Waals surface area contributed by atoms with Gasteiger partial charge in [0.1, 0.15) is 5.82 Å². The van der Waals surface area contributed by atoms with Crippen LogP contribution < -0.4 is 10.6 Å². The predicted molar refractivity (Wildman–Crippen MR) is 81.1 cm³/mol. The Balaban J connectivity index is 3.03. The Morgan fingerprint density at radius 3 is 2.47 bits per heavy atom. The molecule has 1 atom stereocenters. The maximum absolute atomic E-state index is 13.5. The molecule has 0 aliphatic rings. The lowest BCUT2D eigenvalue weighted by Gasteiger charge is -2.28. The number of nitrogens with two attached hydrogens (primary N) is 1. The summed E-state index contributed by atoms with van der Waals surface area (Å²) in [6.45, 7) is 10.5. The molecule has 0 radical (unpaired) electrons. The van der Waals surface area contributed by atoms with Gasteiger partial charge in [0.15, 0.2) is 0 Å². The number of hydrogen-bond donors (Lipinski definition) is 1. The smallest absolute Gasteiger partial charge is 0.123 e. The third kappa shape index (κ3) is 4.83. The molecule has 1 unspecified atom stereocenters. The summed E-state index contributed by atoms with van der Waals surface area (Å²) in [6.07, 6.45) is 1.64. The van der Waals surface area contributed by atoms with Crippen molar-refractivity contribution >= 4 is 5.69 Å². The quantitative estimate of drug-likeness (QED) is 0.817. The molecular weight excluding hydrogens is 239 g/mol. The maximum Gasteiger partial charge on any atom is 0.123 e. The van der Waals surface area contributed by atoms with Gasteiger partial charge in [-0.3, -0.25) is 0 Å². The minimum absolute atomic E-state index is 0.0957. The van der Waals surface area contributed by atoms with Crippen molar-refractivity contribution in [3.63, 3.8) is 0 Å². The SMILES string of the molecule is CCC(N)Cc1cc(F)ccc1N(CC)CC(C)C. The van der Waals surface area contributed by atoms with Gasteiger partial charge in [0.05, 0.1) is 0 Å². The van der Waals surface area contributed by atoms with Crippen molar-refractivity contribution in [3.05, 3.63) is 29.6 Å². The molecule has 0 aromatic heterocycles. The van der Waals surface area contributed by atoms with Crippen molar-refractivity contribution in [3.8, 4) is 0 Å². The largest absolute Gasteiger partial charge is 0.371 e. The molecule has 0 saturated heterocycles. The Hall–Kier alpha value is -1.09. The van der Waals surface area contributed by atoms with Crippen molar-refractivity contribution in [2.75, 3.05) is 18.0 Å². The van der Waals surface area contributed by atoms with Crippen molar-refractivity contribution in [1.82, 2.24) is 0 Å². The highest BCUT2D eigenvalue weighted by molar-refractivity contribution is 5.54. The van der Waals surface area contributed by atoms with E-state index in [0.29, 0.717) is 5.92 Å². The zero-order chi connectivity index (χ0) is 14.4. The zero-order valence-corrected chi connectivity index (χ0v) is 12.6. The molecule has 0 heterocycles. The lowest BCUT2D eigenvalue weighted by molar-refractivity contribution is 0.600. The molecule has 0 fully saturated rings. The third-order valence-corrected chi connectivity index (χ3v) is 3.36. The topological polar surface area (TPSA) is 29.3 Å². The normalized spacial score (nSPS) is 12.8. The molecule has 1 rings (SSSR count). The number of benzene rings is 1. The van der Waals surface area contributed by atoms with Gasteiger partial charge in [-0.15, -0.1) is 0 Å². The van der Waals surface area contributed by atoms with Gasteiger partial charge in [0.25, 0.3) is 0 Å². The number of nitrogens with zero attached hydrogens (tertiary/aromatic N) is 1. The fourth-order valence-corrected chi connectivity index (χ4v) is 2.29. The molecule has 0 amide bonds. The van der Waals surface area contributed by atoms with Crippen molar-refractivity contribution < 1.29 is 4.39 Å². The molecule has 3 heteroatoms. The first-order chi connectivity index (χ1) is 8.97. The maximum atomic E-state index is 13.5. The fourth-order valence-electron chi connectivity index (χ4n) is 2.29. The molecule has 1 aromatic carbocycles. The van der Waals surface area contributed by atoms with Crippen molar-refractivity contribution in [1.29, 1.82) is 0 Å². The number of halogens is 1. The van der Waals surface area contributed by atoms with E-state index in [1.165, 1.54) is 0 Å². The summed E-state index contributed by atoms with van der Waals surface area (Å²) in [7, 11) is 0. The first-order valence-corrected chi connectivity index (χ1v) is 7.26. The van der Waals surface area contributed by atoms with E-state index in [1.807, 2.05) is 6.07 Å². The Labute approximate surface area is 116 Å². The molecule has 2 N–H and O–H groups in total. The van der Waals surface area contributed by atoms with E-state index in [2.05, 4.69) is 32.6 Å². The summed E-state index contributed by atoms with van der Waals surface area (Å²) in [5, 5.41) is 0. The van der Waals surface area contributed by atoms with Gasteiger partial charge in [-0.25, -0.2) is 4.39 Å². The highest BCUT2D eigenvalue weighted by Crippen LogP contribution is 2.24. The van der Waals surface area contributed by atoms with Crippen LogP contribution in [0.5, 0.6) is 0 Å². The van der Waals surface area contributed by atoms with Gasteiger partial charge >= 0.3 is 0 Å². The van der Waals surface area contributed by atoms with Crippen LogP contribution in [-0.4, -0.2) is 19.1 Å². The van der Waals surface area contributed by atoms with Crippen LogP contribution in [0.4, 0.5) is 10.1 Å². The number of hydrogen-bond acceptors (Lipinski definition) is 2. The van der Waals surface area contributed by atoms with Crippen LogP contribution in [0, 0.1) is 11.7 Å². The van der Waals surface area contributed by atoms with E-state index in [0.717, 1.165) is 37.2 Å². The van der Waals surface area contributed by atoms with E-state index < -0.39 is 0 Å². The van der Waals surface area contributed by atoms with Gasteiger partial charge < -0.3 is 10.6 Å². The Kier molecular flexibility index (Phi) is 6.29. The third-order valence-electron chi connectivity index (χ3n) is 3.36. The fraction of sp³-hybridized carbons (Fsp3) is 0.625. The molecule has 108 valence electrons. The monoisotopic (exact) mass is 266 g/mol. The van der Waals surface area contributed by atoms with Gasteiger partial charge in [0, 0.05) is 24.8 Å². The molecule has 19 heavy (non-hydrogen) atoms. The van der Waals surface area contributed by atoms with Crippen molar-refractivity contribution in [2.45, 2.75) is 46.6 Å². The molecule has 0 saturated carbocycles. The second kappa shape index (κ2) is 7.49. The molecule has 0 aliphatic heterocycles. The van der Waals surface area contributed by atoms with Gasteiger partial charge in [-0.1, -0.05) is 20.8 Å². The zero-order valence-electron chi connectivity index (χ0n) is 12.6. The highest BCUT2D eigenvalue weighted by Gasteiger charge is 2.14. The van der Waals surface area contributed by atoms with Crippen LogP contribution in [0.25, 0.3) is 0 Å². The van der Waals surface area contributed by atoms with E-state index in [4.69, 9.17) is 5.73 Å². The molecule has 2 nitrogen and oxygen atoms in total. The summed E-state index contributed by atoms with van der Waals surface area (Å²) in [5.74, 6) is 0.403. The summed E-state index contributed by atoms with van der Waals surface area (Å²) in [5.41, 5.74) is 8.18. The van der Waals surface area contributed by atoms with Crippen LogP contribution >= 0.6 is 0 Å². The van der Waals surface area contributed by atoms with Crippen molar-refractivity contribution in [2.24, 2.45) is 11.7 Å². The lowest BCUT2D eigenvalue weighted by atomic mass is 10.0. The lowest BCUT2D eigenvalue weighted by Crippen LogP contribution is -2.29. The minimum atomic E-state index is -0.178. The second-order valence-corrected chi connectivity index (χ2v) is 5.58. The van der Waals surface area contributed by atoms with Gasteiger partial charge in [-0.2, -0.15) is 0 Å². The number of anilines is 1. The first-order valence-electron chi connectivity index (χ1n) is 7.26.